The third-order valence-electron chi connectivity index (χ3n) is 4.16. The molecule has 28 heavy (non-hydrogen) atoms. The van der Waals surface area contributed by atoms with Crippen molar-refractivity contribution in [3.05, 3.63) is 83.7 Å². The van der Waals surface area contributed by atoms with E-state index >= 15 is 0 Å². The zero-order valence-corrected chi connectivity index (χ0v) is 15.5. The molecule has 0 bridgehead atoms. The number of hydrogen-bond acceptors (Lipinski definition) is 5. The number of nitriles is 1. The lowest BCUT2D eigenvalue weighted by atomic mass is 10.1. The number of hydrogen-bond donors (Lipinski definition) is 2. The lowest BCUT2D eigenvalue weighted by Crippen LogP contribution is -2.25. The predicted octanol–water partition coefficient (Wildman–Crippen LogP) is 3.68. The summed E-state index contributed by atoms with van der Waals surface area (Å²) in [6.45, 7) is 0.501. The van der Waals surface area contributed by atoms with Gasteiger partial charge in [-0.25, -0.2) is 0 Å². The molecule has 1 amide bonds. The standard InChI is InChI=1S/C22H20N4O2/c1-28-20-7-4-5-16(11-20)9-10-25-22(27)18-12-19(15-24-14-18)26-21-8-3-2-6-17(21)13-23/h2-8,11-12,14-15,26H,9-10H2,1H3,(H,25,27). The molecule has 0 aliphatic carbocycles. The molecule has 3 rings (SSSR count). The Bertz CT molecular complexity index is 1010. The van der Waals surface area contributed by atoms with Crippen LogP contribution in [0.2, 0.25) is 0 Å². The molecule has 1 aromatic heterocycles. The Labute approximate surface area is 163 Å². The van der Waals surface area contributed by atoms with E-state index in [1.54, 1.807) is 37.6 Å². The molecule has 0 spiro atoms. The SMILES string of the molecule is COc1cccc(CCNC(=O)c2cncc(Nc3ccccc3C#N)c2)c1. The average Bonchev–Trinajstić information content (AvgIpc) is 2.74. The van der Waals surface area contributed by atoms with Crippen molar-refractivity contribution in [2.45, 2.75) is 6.42 Å². The fourth-order valence-electron chi connectivity index (χ4n) is 2.73. The minimum Gasteiger partial charge on any atom is -0.497 e. The number of carbonyl (C=O) groups excluding carboxylic acids is 1. The molecule has 0 saturated carbocycles. The summed E-state index contributed by atoms with van der Waals surface area (Å²) in [4.78, 5) is 16.6. The quantitative estimate of drug-likeness (QED) is 0.661. The Balaban J connectivity index is 1.61. The zero-order chi connectivity index (χ0) is 19.8. The van der Waals surface area contributed by atoms with E-state index in [2.05, 4.69) is 21.7 Å². The van der Waals surface area contributed by atoms with E-state index in [4.69, 9.17) is 4.74 Å². The molecule has 0 atom stereocenters. The highest BCUT2D eigenvalue weighted by Gasteiger charge is 2.08. The van der Waals surface area contributed by atoms with E-state index in [0.717, 1.165) is 11.3 Å². The van der Waals surface area contributed by atoms with Crippen LogP contribution >= 0.6 is 0 Å². The lowest BCUT2D eigenvalue weighted by Gasteiger charge is -2.10. The Hall–Kier alpha value is -3.85. The summed E-state index contributed by atoms with van der Waals surface area (Å²) >= 11 is 0. The van der Waals surface area contributed by atoms with E-state index in [-0.39, 0.29) is 5.91 Å². The molecular weight excluding hydrogens is 352 g/mol. The number of rotatable bonds is 7. The molecule has 0 radical (unpaired) electrons. The maximum Gasteiger partial charge on any atom is 0.252 e. The normalized spacial score (nSPS) is 10.0. The lowest BCUT2D eigenvalue weighted by molar-refractivity contribution is 0.0954. The van der Waals surface area contributed by atoms with Crippen molar-refractivity contribution in [3.8, 4) is 11.8 Å². The van der Waals surface area contributed by atoms with Gasteiger partial charge in [0.25, 0.3) is 5.91 Å². The first-order valence-corrected chi connectivity index (χ1v) is 8.82. The highest BCUT2D eigenvalue weighted by atomic mass is 16.5. The molecular formula is C22H20N4O2. The van der Waals surface area contributed by atoms with Crippen molar-refractivity contribution in [1.29, 1.82) is 5.26 Å². The molecule has 0 fully saturated rings. The number of methoxy groups -OCH3 is 1. The number of nitrogens with one attached hydrogen (secondary N) is 2. The summed E-state index contributed by atoms with van der Waals surface area (Å²) in [6, 6.07) is 18.8. The largest absolute Gasteiger partial charge is 0.497 e. The third kappa shape index (κ3) is 4.86. The minimum atomic E-state index is -0.201. The van der Waals surface area contributed by atoms with Gasteiger partial charge >= 0.3 is 0 Å². The van der Waals surface area contributed by atoms with Crippen LogP contribution < -0.4 is 15.4 Å². The number of benzene rings is 2. The van der Waals surface area contributed by atoms with Crippen molar-refractivity contribution >= 4 is 17.3 Å². The first-order chi connectivity index (χ1) is 13.7. The van der Waals surface area contributed by atoms with Crippen molar-refractivity contribution < 1.29 is 9.53 Å². The maximum atomic E-state index is 12.4. The summed E-state index contributed by atoms with van der Waals surface area (Å²) < 4.78 is 5.21. The predicted molar refractivity (Wildman–Crippen MR) is 108 cm³/mol. The van der Waals surface area contributed by atoms with Crippen molar-refractivity contribution in [2.24, 2.45) is 0 Å². The molecule has 0 unspecified atom stereocenters. The van der Waals surface area contributed by atoms with Crippen LogP contribution in [0.3, 0.4) is 0 Å². The van der Waals surface area contributed by atoms with Crippen LogP contribution in [0, 0.1) is 11.3 Å². The summed E-state index contributed by atoms with van der Waals surface area (Å²) in [7, 11) is 1.63. The van der Waals surface area contributed by atoms with Gasteiger partial charge in [-0.3, -0.25) is 9.78 Å². The number of nitrogens with zero attached hydrogens (tertiary/aromatic N) is 2. The molecule has 3 aromatic rings. The highest BCUT2D eigenvalue weighted by molar-refractivity contribution is 5.94. The van der Waals surface area contributed by atoms with Gasteiger partial charge in [0.2, 0.25) is 0 Å². The number of carbonyl (C=O) groups is 1. The number of anilines is 2. The molecule has 0 aliphatic heterocycles. The summed E-state index contributed by atoms with van der Waals surface area (Å²) in [6.07, 6.45) is 3.83. The van der Waals surface area contributed by atoms with Gasteiger partial charge in [-0.15, -0.1) is 0 Å². The van der Waals surface area contributed by atoms with Gasteiger partial charge in [0.1, 0.15) is 11.8 Å². The molecule has 0 aliphatic rings. The second kappa shape index (κ2) is 9.19. The Morgan fingerprint density at radius 2 is 2.00 bits per heavy atom. The topological polar surface area (TPSA) is 87.0 Å². The van der Waals surface area contributed by atoms with Crippen LogP contribution in [0.4, 0.5) is 11.4 Å². The van der Waals surface area contributed by atoms with Crippen LogP contribution in [0.15, 0.2) is 67.0 Å². The van der Waals surface area contributed by atoms with Gasteiger partial charge in [0, 0.05) is 12.7 Å². The van der Waals surface area contributed by atoms with Gasteiger partial charge in [0.15, 0.2) is 0 Å². The second-order valence-corrected chi connectivity index (χ2v) is 6.10. The van der Waals surface area contributed by atoms with Crippen molar-refractivity contribution in [2.75, 3.05) is 19.0 Å². The van der Waals surface area contributed by atoms with Crippen LogP contribution in [-0.2, 0) is 6.42 Å². The van der Waals surface area contributed by atoms with Crippen LogP contribution in [0.25, 0.3) is 0 Å². The second-order valence-electron chi connectivity index (χ2n) is 6.10. The average molecular weight is 372 g/mol. The van der Waals surface area contributed by atoms with E-state index in [1.807, 2.05) is 30.3 Å². The van der Waals surface area contributed by atoms with E-state index in [0.29, 0.717) is 35.5 Å². The molecule has 2 N–H and O–H groups in total. The minimum absolute atomic E-state index is 0.201. The monoisotopic (exact) mass is 372 g/mol. The van der Waals surface area contributed by atoms with Crippen LogP contribution in [0.1, 0.15) is 21.5 Å². The van der Waals surface area contributed by atoms with E-state index in [1.165, 1.54) is 6.20 Å². The fraction of sp³-hybridized carbons (Fsp3) is 0.136. The number of aromatic nitrogens is 1. The zero-order valence-electron chi connectivity index (χ0n) is 15.5. The Kier molecular flexibility index (Phi) is 6.21. The Morgan fingerprint density at radius 3 is 2.82 bits per heavy atom. The molecule has 6 nitrogen and oxygen atoms in total. The van der Waals surface area contributed by atoms with Gasteiger partial charge < -0.3 is 15.4 Å². The number of ether oxygens (including phenoxy) is 1. The van der Waals surface area contributed by atoms with Gasteiger partial charge in [0.05, 0.1) is 35.8 Å². The van der Waals surface area contributed by atoms with Gasteiger partial charge in [-0.1, -0.05) is 24.3 Å². The molecule has 0 saturated heterocycles. The van der Waals surface area contributed by atoms with Crippen LogP contribution in [-0.4, -0.2) is 24.5 Å². The Morgan fingerprint density at radius 1 is 1.14 bits per heavy atom. The number of amides is 1. The number of para-hydroxylation sites is 1. The molecule has 2 aromatic carbocycles. The van der Waals surface area contributed by atoms with Crippen LogP contribution in [0.5, 0.6) is 5.75 Å². The van der Waals surface area contributed by atoms with Crippen molar-refractivity contribution in [1.82, 2.24) is 10.3 Å². The van der Waals surface area contributed by atoms with Gasteiger partial charge in [-0.05, 0) is 42.3 Å². The molecule has 1 heterocycles. The fourth-order valence-corrected chi connectivity index (χ4v) is 2.73. The maximum absolute atomic E-state index is 12.4. The summed E-state index contributed by atoms with van der Waals surface area (Å²) in [5.74, 6) is 0.595. The van der Waals surface area contributed by atoms with E-state index < -0.39 is 0 Å². The third-order valence-corrected chi connectivity index (χ3v) is 4.16. The first kappa shape index (κ1) is 18.9. The van der Waals surface area contributed by atoms with Gasteiger partial charge in [-0.2, -0.15) is 5.26 Å². The molecule has 140 valence electrons. The highest BCUT2D eigenvalue weighted by Crippen LogP contribution is 2.20. The number of pyridine rings is 1. The smallest absolute Gasteiger partial charge is 0.252 e. The first-order valence-electron chi connectivity index (χ1n) is 8.82. The van der Waals surface area contributed by atoms with E-state index in [9.17, 15) is 10.1 Å². The summed E-state index contributed by atoms with van der Waals surface area (Å²) in [5, 5.41) is 15.2. The molecule has 6 heteroatoms. The summed E-state index contributed by atoms with van der Waals surface area (Å²) in [5.41, 5.74) is 3.37. The van der Waals surface area contributed by atoms with Crippen molar-refractivity contribution in [3.63, 3.8) is 0 Å².